The maximum absolute atomic E-state index is 13.0. The van der Waals surface area contributed by atoms with Crippen molar-refractivity contribution in [1.82, 2.24) is 5.32 Å². The van der Waals surface area contributed by atoms with E-state index in [0.29, 0.717) is 11.1 Å². The van der Waals surface area contributed by atoms with Crippen LogP contribution in [-0.2, 0) is 0 Å². The highest BCUT2D eigenvalue weighted by Crippen LogP contribution is 2.12. The number of nitrogens with one attached hydrogen (secondary N) is 2. The monoisotopic (exact) mass is 344 g/mol. The van der Waals surface area contributed by atoms with Gasteiger partial charge >= 0.3 is 0 Å². The molecule has 2 N–H and O–H groups in total. The van der Waals surface area contributed by atoms with Gasteiger partial charge in [0, 0.05) is 16.8 Å². The Bertz CT molecular complexity index is 892. The third-order valence-corrected chi connectivity index (χ3v) is 3.96. The van der Waals surface area contributed by atoms with Crippen LogP contribution in [0.15, 0.2) is 84.9 Å². The SMILES string of the molecule is Cc1cccc(C(=O)C(NC(=O)c2ccccc2)Nc2ccccc2)c1. The van der Waals surface area contributed by atoms with Crippen molar-refractivity contribution in [3.63, 3.8) is 0 Å². The molecule has 26 heavy (non-hydrogen) atoms. The number of aryl methyl sites for hydroxylation is 1. The number of anilines is 1. The zero-order chi connectivity index (χ0) is 18.4. The third-order valence-electron chi connectivity index (χ3n) is 3.96. The first-order valence-electron chi connectivity index (χ1n) is 8.42. The van der Waals surface area contributed by atoms with Crippen molar-refractivity contribution in [2.75, 3.05) is 5.32 Å². The van der Waals surface area contributed by atoms with Crippen molar-refractivity contribution in [1.29, 1.82) is 0 Å². The van der Waals surface area contributed by atoms with Gasteiger partial charge in [0.05, 0.1) is 0 Å². The largest absolute Gasteiger partial charge is 0.359 e. The van der Waals surface area contributed by atoms with Gasteiger partial charge in [-0.3, -0.25) is 9.59 Å². The van der Waals surface area contributed by atoms with E-state index < -0.39 is 6.17 Å². The zero-order valence-corrected chi connectivity index (χ0v) is 14.5. The van der Waals surface area contributed by atoms with E-state index in [1.54, 1.807) is 30.3 Å². The molecule has 0 fully saturated rings. The Morgan fingerprint density at radius 1 is 0.769 bits per heavy atom. The van der Waals surface area contributed by atoms with Gasteiger partial charge in [-0.05, 0) is 37.3 Å². The van der Waals surface area contributed by atoms with Crippen LogP contribution in [0.5, 0.6) is 0 Å². The summed E-state index contributed by atoms with van der Waals surface area (Å²) < 4.78 is 0. The summed E-state index contributed by atoms with van der Waals surface area (Å²) in [6, 6.07) is 25.5. The summed E-state index contributed by atoms with van der Waals surface area (Å²) in [5.74, 6) is -0.498. The smallest absolute Gasteiger partial charge is 0.253 e. The molecule has 0 aliphatic rings. The molecule has 4 heteroatoms. The fourth-order valence-electron chi connectivity index (χ4n) is 2.64. The summed E-state index contributed by atoms with van der Waals surface area (Å²) in [6.45, 7) is 1.93. The van der Waals surface area contributed by atoms with E-state index >= 15 is 0 Å². The molecule has 3 aromatic rings. The molecule has 1 unspecified atom stereocenters. The van der Waals surface area contributed by atoms with Crippen LogP contribution in [0.4, 0.5) is 5.69 Å². The average Bonchev–Trinajstić information content (AvgIpc) is 2.68. The van der Waals surface area contributed by atoms with Crippen LogP contribution in [0.2, 0.25) is 0 Å². The standard InChI is InChI=1S/C22H20N2O2/c1-16-9-8-12-18(15-16)20(25)21(23-19-13-6-3-7-14-19)24-22(26)17-10-4-2-5-11-17/h2-15,21,23H,1H3,(H,24,26). The van der Waals surface area contributed by atoms with Crippen LogP contribution >= 0.6 is 0 Å². The number of para-hydroxylation sites is 1. The van der Waals surface area contributed by atoms with E-state index in [-0.39, 0.29) is 11.7 Å². The Morgan fingerprint density at radius 2 is 1.38 bits per heavy atom. The number of rotatable bonds is 6. The van der Waals surface area contributed by atoms with Crippen LogP contribution in [0.1, 0.15) is 26.3 Å². The summed E-state index contributed by atoms with van der Waals surface area (Å²) in [5, 5.41) is 5.92. The normalized spacial score (nSPS) is 11.4. The molecule has 0 spiro atoms. The lowest BCUT2D eigenvalue weighted by atomic mass is 10.1. The van der Waals surface area contributed by atoms with Crippen LogP contribution in [0.25, 0.3) is 0 Å². The second-order valence-electron chi connectivity index (χ2n) is 6.02. The minimum atomic E-state index is -0.869. The fraction of sp³-hybridized carbons (Fsp3) is 0.0909. The molecule has 0 aliphatic heterocycles. The molecule has 3 rings (SSSR count). The van der Waals surface area contributed by atoms with E-state index in [9.17, 15) is 9.59 Å². The number of carbonyl (C=O) groups is 2. The molecule has 0 saturated heterocycles. The molecular formula is C22H20N2O2. The summed E-state index contributed by atoms with van der Waals surface area (Å²) >= 11 is 0. The van der Waals surface area contributed by atoms with E-state index in [0.717, 1.165) is 11.3 Å². The second kappa shape index (κ2) is 8.12. The molecule has 0 aliphatic carbocycles. The molecule has 0 saturated carbocycles. The van der Waals surface area contributed by atoms with Crippen molar-refractivity contribution < 1.29 is 9.59 Å². The number of hydrogen-bond donors (Lipinski definition) is 2. The van der Waals surface area contributed by atoms with Crippen molar-refractivity contribution in [3.8, 4) is 0 Å². The van der Waals surface area contributed by atoms with E-state index in [1.165, 1.54) is 0 Å². The average molecular weight is 344 g/mol. The van der Waals surface area contributed by atoms with Crippen LogP contribution in [0, 0.1) is 6.92 Å². The fourth-order valence-corrected chi connectivity index (χ4v) is 2.64. The summed E-state index contributed by atoms with van der Waals surface area (Å²) in [7, 11) is 0. The van der Waals surface area contributed by atoms with E-state index in [2.05, 4.69) is 10.6 Å². The summed E-state index contributed by atoms with van der Waals surface area (Å²) in [6.07, 6.45) is -0.869. The van der Waals surface area contributed by atoms with Crippen LogP contribution in [-0.4, -0.2) is 17.9 Å². The number of carbonyl (C=O) groups excluding carboxylic acids is 2. The Labute approximate surface area is 152 Å². The molecule has 0 bridgehead atoms. The highest BCUT2D eigenvalue weighted by atomic mass is 16.2. The number of Topliss-reactive ketones (excluding diaryl/α,β-unsaturated/α-hetero) is 1. The minimum Gasteiger partial charge on any atom is -0.359 e. The van der Waals surface area contributed by atoms with E-state index in [4.69, 9.17) is 0 Å². The molecule has 0 heterocycles. The molecule has 0 radical (unpaired) electrons. The maximum atomic E-state index is 13.0. The lowest BCUT2D eigenvalue weighted by Crippen LogP contribution is -2.46. The van der Waals surface area contributed by atoms with Gasteiger partial charge in [0.25, 0.3) is 5.91 Å². The topological polar surface area (TPSA) is 58.2 Å². The number of ketones is 1. The zero-order valence-electron chi connectivity index (χ0n) is 14.5. The van der Waals surface area contributed by atoms with Gasteiger partial charge in [0.15, 0.2) is 6.17 Å². The molecule has 130 valence electrons. The van der Waals surface area contributed by atoms with Crippen LogP contribution < -0.4 is 10.6 Å². The van der Waals surface area contributed by atoms with Gasteiger partial charge in [0.2, 0.25) is 5.78 Å². The second-order valence-corrected chi connectivity index (χ2v) is 6.02. The minimum absolute atomic E-state index is 0.193. The van der Waals surface area contributed by atoms with Gasteiger partial charge in [-0.1, -0.05) is 60.2 Å². The summed E-state index contributed by atoms with van der Waals surface area (Å²) in [5.41, 5.74) is 2.80. The molecule has 0 aromatic heterocycles. The lowest BCUT2D eigenvalue weighted by molar-refractivity contribution is 0.0869. The highest BCUT2D eigenvalue weighted by molar-refractivity contribution is 6.05. The van der Waals surface area contributed by atoms with Gasteiger partial charge in [0.1, 0.15) is 0 Å². The quantitative estimate of drug-likeness (QED) is 0.524. The number of amides is 1. The highest BCUT2D eigenvalue weighted by Gasteiger charge is 2.22. The van der Waals surface area contributed by atoms with Crippen molar-refractivity contribution in [2.24, 2.45) is 0 Å². The first kappa shape index (κ1) is 17.4. The summed E-state index contributed by atoms with van der Waals surface area (Å²) in [4.78, 5) is 25.5. The molecular weight excluding hydrogens is 324 g/mol. The Morgan fingerprint density at radius 3 is 2.04 bits per heavy atom. The van der Waals surface area contributed by atoms with Crippen molar-refractivity contribution >= 4 is 17.4 Å². The third kappa shape index (κ3) is 4.36. The van der Waals surface area contributed by atoms with Crippen LogP contribution in [0.3, 0.4) is 0 Å². The molecule has 1 amide bonds. The maximum Gasteiger partial charge on any atom is 0.253 e. The first-order valence-corrected chi connectivity index (χ1v) is 8.42. The predicted octanol–water partition coefficient (Wildman–Crippen LogP) is 4.05. The van der Waals surface area contributed by atoms with Gasteiger partial charge in [-0.15, -0.1) is 0 Å². The van der Waals surface area contributed by atoms with Crippen molar-refractivity contribution in [2.45, 2.75) is 13.1 Å². The predicted molar refractivity (Wildman–Crippen MR) is 103 cm³/mol. The Balaban J connectivity index is 1.86. The van der Waals surface area contributed by atoms with E-state index in [1.807, 2.05) is 61.5 Å². The van der Waals surface area contributed by atoms with Gasteiger partial charge < -0.3 is 10.6 Å². The Kier molecular flexibility index (Phi) is 5.44. The number of benzene rings is 3. The molecule has 3 aromatic carbocycles. The van der Waals surface area contributed by atoms with Gasteiger partial charge in [-0.2, -0.15) is 0 Å². The first-order chi connectivity index (χ1) is 12.6. The molecule has 4 nitrogen and oxygen atoms in total. The van der Waals surface area contributed by atoms with Gasteiger partial charge in [-0.25, -0.2) is 0 Å². The lowest BCUT2D eigenvalue weighted by Gasteiger charge is -2.20. The molecule has 1 atom stereocenters. The number of hydrogen-bond acceptors (Lipinski definition) is 3. The Hall–Kier alpha value is -3.40. The van der Waals surface area contributed by atoms with Crippen molar-refractivity contribution in [3.05, 3.63) is 102 Å².